The SMILES string of the molecule is CCn1c2ccccc2n2c1nn1c(SCCOc3ccc(OC)cc3)nnc12. The van der Waals surface area contributed by atoms with Gasteiger partial charge in [-0.05, 0) is 43.3 Å². The second kappa shape index (κ2) is 7.32. The van der Waals surface area contributed by atoms with Crippen LogP contribution in [0.4, 0.5) is 0 Å². The molecule has 3 aromatic heterocycles. The first-order valence-electron chi connectivity index (χ1n) is 9.41. The molecule has 8 nitrogen and oxygen atoms in total. The van der Waals surface area contributed by atoms with E-state index in [9.17, 15) is 0 Å². The topological polar surface area (TPSA) is 70.9 Å². The van der Waals surface area contributed by atoms with Crippen LogP contribution in [0.25, 0.3) is 22.6 Å². The Kier molecular flexibility index (Phi) is 4.51. The zero-order chi connectivity index (χ0) is 19.8. The van der Waals surface area contributed by atoms with Crippen LogP contribution in [-0.4, -0.2) is 48.2 Å². The Morgan fingerprint density at radius 1 is 0.931 bits per heavy atom. The zero-order valence-corrected chi connectivity index (χ0v) is 17.0. The number of nitrogens with zero attached hydrogens (tertiary/aromatic N) is 6. The Hall–Kier alpha value is -3.20. The fourth-order valence-corrected chi connectivity index (χ4v) is 4.15. The highest BCUT2D eigenvalue weighted by atomic mass is 32.2. The number of benzene rings is 2. The van der Waals surface area contributed by atoms with Gasteiger partial charge in [0.2, 0.25) is 10.9 Å². The molecular formula is C20H20N6O2S. The molecule has 0 aliphatic rings. The van der Waals surface area contributed by atoms with Crippen molar-refractivity contribution in [3.63, 3.8) is 0 Å². The highest BCUT2D eigenvalue weighted by molar-refractivity contribution is 7.99. The monoisotopic (exact) mass is 408 g/mol. The fraction of sp³-hybridized carbons (Fsp3) is 0.250. The van der Waals surface area contributed by atoms with E-state index in [2.05, 4.69) is 38.2 Å². The summed E-state index contributed by atoms with van der Waals surface area (Å²) in [6.45, 7) is 3.51. The van der Waals surface area contributed by atoms with Gasteiger partial charge in [0.15, 0.2) is 0 Å². The van der Waals surface area contributed by atoms with E-state index in [4.69, 9.17) is 14.6 Å². The summed E-state index contributed by atoms with van der Waals surface area (Å²) in [6, 6.07) is 15.8. The first kappa shape index (κ1) is 17.9. The van der Waals surface area contributed by atoms with Crippen molar-refractivity contribution >= 4 is 34.4 Å². The number of methoxy groups -OCH3 is 1. The summed E-state index contributed by atoms with van der Waals surface area (Å²) in [5.41, 5.74) is 2.23. The van der Waals surface area contributed by atoms with Gasteiger partial charge in [-0.15, -0.1) is 15.3 Å². The number of aromatic nitrogens is 6. The minimum absolute atomic E-state index is 0.559. The summed E-state index contributed by atoms with van der Waals surface area (Å²) in [6.07, 6.45) is 0. The highest BCUT2D eigenvalue weighted by Gasteiger charge is 2.19. The van der Waals surface area contributed by atoms with Crippen molar-refractivity contribution in [2.75, 3.05) is 19.5 Å². The van der Waals surface area contributed by atoms with E-state index in [1.807, 2.05) is 40.9 Å². The maximum absolute atomic E-state index is 5.79. The fourth-order valence-electron chi connectivity index (χ4n) is 3.45. The second-order valence-electron chi connectivity index (χ2n) is 6.44. The lowest BCUT2D eigenvalue weighted by atomic mass is 10.3. The number of imidazole rings is 1. The summed E-state index contributed by atoms with van der Waals surface area (Å²) >= 11 is 1.58. The lowest BCUT2D eigenvalue weighted by molar-refractivity contribution is 0.342. The molecule has 0 saturated carbocycles. The Bertz CT molecular complexity index is 1290. The lowest BCUT2D eigenvalue weighted by Gasteiger charge is -2.06. The van der Waals surface area contributed by atoms with Crippen LogP contribution in [0, 0.1) is 0 Å². The highest BCUT2D eigenvalue weighted by Crippen LogP contribution is 2.25. The quantitative estimate of drug-likeness (QED) is 0.303. The molecule has 0 fully saturated rings. The third-order valence-electron chi connectivity index (χ3n) is 4.80. The number of ether oxygens (including phenoxy) is 2. The Morgan fingerprint density at radius 2 is 1.69 bits per heavy atom. The van der Waals surface area contributed by atoms with Crippen molar-refractivity contribution in [2.24, 2.45) is 0 Å². The van der Waals surface area contributed by atoms with Crippen molar-refractivity contribution in [1.82, 2.24) is 28.8 Å². The first-order valence-corrected chi connectivity index (χ1v) is 10.4. The molecule has 3 heterocycles. The molecule has 0 aliphatic heterocycles. The Morgan fingerprint density at radius 3 is 2.45 bits per heavy atom. The predicted molar refractivity (Wildman–Crippen MR) is 112 cm³/mol. The summed E-state index contributed by atoms with van der Waals surface area (Å²) in [7, 11) is 1.65. The number of fused-ring (bicyclic) bond motifs is 5. The molecule has 0 spiro atoms. The third kappa shape index (κ3) is 2.98. The summed E-state index contributed by atoms with van der Waals surface area (Å²) < 4.78 is 17.0. The Labute approximate surface area is 171 Å². The molecule has 5 rings (SSSR count). The molecule has 0 amide bonds. The van der Waals surface area contributed by atoms with Gasteiger partial charge in [-0.1, -0.05) is 23.9 Å². The average Bonchev–Trinajstić information content (AvgIpc) is 3.40. The van der Waals surface area contributed by atoms with Crippen LogP contribution in [0.15, 0.2) is 53.7 Å². The normalized spacial score (nSPS) is 11.7. The van der Waals surface area contributed by atoms with Crippen LogP contribution in [0.2, 0.25) is 0 Å². The number of hydrogen-bond acceptors (Lipinski definition) is 6. The number of hydrogen-bond donors (Lipinski definition) is 0. The first-order chi connectivity index (χ1) is 14.3. The number of para-hydroxylation sites is 2. The molecule has 0 atom stereocenters. The molecule has 0 bridgehead atoms. The van der Waals surface area contributed by atoms with Gasteiger partial charge in [-0.25, -0.2) is 4.40 Å². The number of thioether (sulfide) groups is 1. The van der Waals surface area contributed by atoms with Crippen molar-refractivity contribution in [1.29, 1.82) is 0 Å². The van der Waals surface area contributed by atoms with Crippen LogP contribution >= 0.6 is 11.8 Å². The van der Waals surface area contributed by atoms with Crippen LogP contribution in [-0.2, 0) is 6.54 Å². The van der Waals surface area contributed by atoms with Gasteiger partial charge < -0.3 is 14.0 Å². The van der Waals surface area contributed by atoms with E-state index in [-0.39, 0.29) is 0 Å². The molecular weight excluding hydrogens is 388 g/mol. The van der Waals surface area contributed by atoms with E-state index in [0.29, 0.717) is 6.61 Å². The minimum Gasteiger partial charge on any atom is -0.497 e. The van der Waals surface area contributed by atoms with Gasteiger partial charge in [0.25, 0.3) is 5.78 Å². The standard InChI is InChI=1S/C20H20N6O2S/c1-3-24-16-6-4-5-7-17(16)25-18-21-22-20(26(18)23-19(24)25)29-13-12-28-15-10-8-14(27-2)9-11-15/h4-11H,3,12-13H2,1-2H3. The summed E-state index contributed by atoms with van der Waals surface area (Å²) in [4.78, 5) is 0. The van der Waals surface area contributed by atoms with E-state index < -0.39 is 0 Å². The maximum Gasteiger partial charge on any atom is 0.260 e. The molecule has 0 aliphatic carbocycles. The van der Waals surface area contributed by atoms with Crippen LogP contribution < -0.4 is 9.47 Å². The number of aryl methyl sites for hydroxylation is 1. The predicted octanol–water partition coefficient (Wildman–Crippen LogP) is 3.53. The van der Waals surface area contributed by atoms with E-state index >= 15 is 0 Å². The van der Waals surface area contributed by atoms with Gasteiger partial charge in [0.1, 0.15) is 11.5 Å². The lowest BCUT2D eigenvalue weighted by Crippen LogP contribution is -2.01. The van der Waals surface area contributed by atoms with Crippen molar-refractivity contribution in [3.8, 4) is 11.5 Å². The molecule has 0 unspecified atom stereocenters. The van der Waals surface area contributed by atoms with Crippen LogP contribution in [0.1, 0.15) is 6.92 Å². The zero-order valence-electron chi connectivity index (χ0n) is 16.1. The van der Waals surface area contributed by atoms with Crippen LogP contribution in [0.3, 0.4) is 0 Å². The van der Waals surface area contributed by atoms with Gasteiger partial charge >= 0.3 is 0 Å². The van der Waals surface area contributed by atoms with Gasteiger partial charge in [-0.3, -0.25) is 0 Å². The number of rotatable bonds is 7. The smallest absolute Gasteiger partial charge is 0.260 e. The molecule has 5 aromatic rings. The van der Waals surface area contributed by atoms with Gasteiger partial charge in [0.05, 0.1) is 24.8 Å². The van der Waals surface area contributed by atoms with Crippen molar-refractivity contribution in [2.45, 2.75) is 18.6 Å². The van der Waals surface area contributed by atoms with Crippen LogP contribution in [0.5, 0.6) is 11.5 Å². The molecule has 2 aromatic carbocycles. The molecule has 148 valence electrons. The summed E-state index contributed by atoms with van der Waals surface area (Å²) in [5, 5.41) is 14.3. The molecule has 0 saturated heterocycles. The largest absolute Gasteiger partial charge is 0.497 e. The van der Waals surface area contributed by atoms with E-state index in [0.717, 1.165) is 51.5 Å². The Balaban J connectivity index is 1.36. The minimum atomic E-state index is 0.559. The molecule has 29 heavy (non-hydrogen) atoms. The third-order valence-corrected chi connectivity index (χ3v) is 5.68. The second-order valence-corrected chi connectivity index (χ2v) is 7.50. The van der Waals surface area contributed by atoms with E-state index in [1.165, 1.54) is 0 Å². The molecule has 9 heteroatoms. The van der Waals surface area contributed by atoms with Crippen molar-refractivity contribution in [3.05, 3.63) is 48.5 Å². The molecule has 0 radical (unpaired) electrons. The van der Waals surface area contributed by atoms with E-state index in [1.54, 1.807) is 18.9 Å². The maximum atomic E-state index is 5.79. The van der Waals surface area contributed by atoms with Gasteiger partial charge in [-0.2, -0.15) is 4.52 Å². The average molecular weight is 408 g/mol. The molecule has 0 N–H and O–H groups in total. The van der Waals surface area contributed by atoms with Gasteiger partial charge in [0, 0.05) is 12.3 Å². The van der Waals surface area contributed by atoms with Crippen molar-refractivity contribution < 1.29 is 9.47 Å². The summed E-state index contributed by atoms with van der Waals surface area (Å²) in [5.74, 6) is 3.96.